The number of hydrogen-bond acceptors (Lipinski definition) is 6. The summed E-state index contributed by atoms with van der Waals surface area (Å²) in [7, 11) is 0. The highest BCUT2D eigenvalue weighted by Gasteiger charge is 2.39. The number of thiazole rings is 1. The smallest absolute Gasteiger partial charge is 0.226 e. The third-order valence-corrected chi connectivity index (χ3v) is 5.30. The molecular weight excluding hydrogens is 326 g/mol. The van der Waals surface area contributed by atoms with E-state index in [4.69, 9.17) is 4.52 Å². The van der Waals surface area contributed by atoms with Crippen LogP contribution in [0.5, 0.6) is 0 Å². The highest BCUT2D eigenvalue weighted by molar-refractivity contribution is 7.15. The quantitative estimate of drug-likeness (QED) is 0.785. The summed E-state index contributed by atoms with van der Waals surface area (Å²) in [5.74, 6) is 1.07. The lowest BCUT2D eigenvalue weighted by Crippen LogP contribution is -2.48. The van der Waals surface area contributed by atoms with Gasteiger partial charge in [0.2, 0.25) is 11.8 Å². The second-order valence-electron chi connectivity index (χ2n) is 6.33. The maximum atomic E-state index is 12.6. The average molecular weight is 345 g/mol. The minimum absolute atomic E-state index is 0.0508. The van der Waals surface area contributed by atoms with E-state index >= 15 is 0 Å². The van der Waals surface area contributed by atoms with Gasteiger partial charge in [-0.25, -0.2) is 4.98 Å². The van der Waals surface area contributed by atoms with Gasteiger partial charge in [-0.3, -0.25) is 9.20 Å². The van der Waals surface area contributed by atoms with Gasteiger partial charge < -0.3 is 9.84 Å². The lowest BCUT2D eigenvalue weighted by Gasteiger charge is -2.35. The van der Waals surface area contributed by atoms with Gasteiger partial charge in [0.1, 0.15) is 5.54 Å². The molecule has 1 saturated carbocycles. The van der Waals surface area contributed by atoms with Gasteiger partial charge in [0, 0.05) is 24.7 Å². The van der Waals surface area contributed by atoms with Crippen molar-refractivity contribution >= 4 is 22.2 Å². The van der Waals surface area contributed by atoms with Gasteiger partial charge in [0.15, 0.2) is 10.8 Å². The fourth-order valence-corrected chi connectivity index (χ4v) is 4.11. The van der Waals surface area contributed by atoms with E-state index in [2.05, 4.69) is 20.4 Å². The van der Waals surface area contributed by atoms with Crippen LogP contribution in [0, 0.1) is 6.92 Å². The molecule has 0 atom stereocenters. The maximum Gasteiger partial charge on any atom is 0.226 e. The largest absolute Gasteiger partial charge is 0.343 e. The van der Waals surface area contributed by atoms with E-state index in [0.717, 1.165) is 36.3 Å². The van der Waals surface area contributed by atoms with Crippen molar-refractivity contribution < 1.29 is 9.32 Å². The first-order valence-electron chi connectivity index (χ1n) is 8.17. The standard InChI is InChI=1S/C16H19N5O2S/c1-11-17-14(20-23-11)16(5-3-2-4-6-16)19-13(22)9-12-10-21-7-8-24-15(21)18-12/h7-8,10H,2-6,9H2,1H3,(H,19,22). The molecule has 4 rings (SSSR count). The predicted molar refractivity (Wildman–Crippen MR) is 88.7 cm³/mol. The molecule has 1 aliphatic carbocycles. The molecule has 3 heterocycles. The lowest BCUT2D eigenvalue weighted by atomic mass is 9.81. The van der Waals surface area contributed by atoms with Crippen LogP contribution in [-0.2, 0) is 16.8 Å². The zero-order valence-corrected chi connectivity index (χ0v) is 14.3. The van der Waals surface area contributed by atoms with Gasteiger partial charge in [0.05, 0.1) is 12.1 Å². The molecule has 1 N–H and O–H groups in total. The molecule has 7 nitrogen and oxygen atoms in total. The van der Waals surface area contributed by atoms with Gasteiger partial charge >= 0.3 is 0 Å². The summed E-state index contributed by atoms with van der Waals surface area (Å²) in [5.41, 5.74) is 0.263. The number of imidazole rings is 1. The monoisotopic (exact) mass is 345 g/mol. The second kappa shape index (κ2) is 6.01. The topological polar surface area (TPSA) is 85.3 Å². The van der Waals surface area contributed by atoms with Crippen molar-refractivity contribution in [2.24, 2.45) is 0 Å². The first-order chi connectivity index (χ1) is 11.6. The number of aryl methyl sites for hydroxylation is 1. The third-order valence-electron chi connectivity index (χ3n) is 4.53. The van der Waals surface area contributed by atoms with Crippen molar-refractivity contribution in [3.8, 4) is 0 Å². The second-order valence-corrected chi connectivity index (χ2v) is 7.20. The molecule has 0 aromatic carbocycles. The summed E-state index contributed by atoms with van der Waals surface area (Å²) in [4.78, 5) is 22.4. The number of carbonyl (C=O) groups is 1. The Morgan fingerprint density at radius 2 is 2.21 bits per heavy atom. The van der Waals surface area contributed by atoms with Crippen LogP contribution in [-0.4, -0.2) is 25.4 Å². The molecular formula is C16H19N5O2S. The van der Waals surface area contributed by atoms with Gasteiger partial charge in [0.25, 0.3) is 0 Å². The number of amides is 1. The highest BCUT2D eigenvalue weighted by Crippen LogP contribution is 2.35. The maximum absolute atomic E-state index is 12.6. The molecule has 126 valence electrons. The van der Waals surface area contributed by atoms with E-state index in [1.54, 1.807) is 18.3 Å². The van der Waals surface area contributed by atoms with Crippen molar-refractivity contribution in [2.45, 2.75) is 51.0 Å². The number of carbonyl (C=O) groups excluding carboxylic acids is 1. The Morgan fingerprint density at radius 3 is 2.92 bits per heavy atom. The van der Waals surface area contributed by atoms with E-state index in [1.807, 2.05) is 22.2 Å². The molecule has 1 amide bonds. The minimum Gasteiger partial charge on any atom is -0.343 e. The Balaban J connectivity index is 1.53. The van der Waals surface area contributed by atoms with Gasteiger partial charge in [-0.2, -0.15) is 4.98 Å². The molecule has 0 unspecified atom stereocenters. The molecule has 8 heteroatoms. The van der Waals surface area contributed by atoms with Crippen LogP contribution in [0.3, 0.4) is 0 Å². The van der Waals surface area contributed by atoms with Crippen LogP contribution in [0.2, 0.25) is 0 Å². The summed E-state index contributed by atoms with van der Waals surface area (Å²) in [6, 6.07) is 0. The van der Waals surface area contributed by atoms with Crippen LogP contribution in [0.15, 0.2) is 22.3 Å². The Morgan fingerprint density at radius 1 is 1.38 bits per heavy atom. The minimum atomic E-state index is -0.510. The van der Waals surface area contributed by atoms with Crippen LogP contribution in [0.1, 0.15) is 49.5 Å². The molecule has 24 heavy (non-hydrogen) atoms. The number of aromatic nitrogens is 4. The Kier molecular flexibility index (Phi) is 3.84. The van der Waals surface area contributed by atoms with Crippen LogP contribution < -0.4 is 5.32 Å². The van der Waals surface area contributed by atoms with Crippen molar-refractivity contribution in [3.63, 3.8) is 0 Å². The van der Waals surface area contributed by atoms with E-state index < -0.39 is 5.54 Å². The van der Waals surface area contributed by atoms with Crippen LogP contribution >= 0.6 is 11.3 Å². The SMILES string of the molecule is Cc1nc(C2(NC(=O)Cc3cn4ccsc4n3)CCCCC2)no1. The normalized spacial score (nSPS) is 17.2. The number of rotatable bonds is 4. The zero-order valence-electron chi connectivity index (χ0n) is 13.5. The molecule has 0 spiro atoms. The molecule has 0 bridgehead atoms. The van der Waals surface area contributed by atoms with E-state index in [1.165, 1.54) is 6.42 Å². The van der Waals surface area contributed by atoms with Gasteiger partial charge in [-0.05, 0) is 12.8 Å². The summed E-state index contributed by atoms with van der Waals surface area (Å²) < 4.78 is 7.08. The summed E-state index contributed by atoms with van der Waals surface area (Å²) in [6.45, 7) is 1.77. The fourth-order valence-electron chi connectivity index (χ4n) is 3.39. The predicted octanol–water partition coefficient (Wildman–Crippen LogP) is 2.61. The third kappa shape index (κ3) is 2.82. The van der Waals surface area contributed by atoms with Crippen molar-refractivity contribution in [1.29, 1.82) is 0 Å². The van der Waals surface area contributed by atoms with Crippen molar-refractivity contribution in [1.82, 2.24) is 24.8 Å². The number of nitrogens with zero attached hydrogens (tertiary/aromatic N) is 4. The molecule has 0 aliphatic heterocycles. The average Bonchev–Trinajstić information content (AvgIpc) is 3.24. The fraction of sp³-hybridized carbons (Fsp3) is 0.500. The van der Waals surface area contributed by atoms with E-state index in [9.17, 15) is 4.79 Å². The van der Waals surface area contributed by atoms with Crippen molar-refractivity contribution in [3.05, 3.63) is 35.2 Å². The highest BCUT2D eigenvalue weighted by atomic mass is 32.1. The molecule has 0 radical (unpaired) electrons. The first kappa shape index (κ1) is 15.3. The van der Waals surface area contributed by atoms with Gasteiger partial charge in [-0.1, -0.05) is 24.4 Å². The van der Waals surface area contributed by atoms with Crippen molar-refractivity contribution in [2.75, 3.05) is 0 Å². The molecule has 0 saturated heterocycles. The number of nitrogens with one attached hydrogen (secondary N) is 1. The first-order valence-corrected chi connectivity index (χ1v) is 9.05. The van der Waals surface area contributed by atoms with Crippen LogP contribution in [0.25, 0.3) is 4.96 Å². The molecule has 3 aromatic rings. The van der Waals surface area contributed by atoms with Gasteiger partial charge in [-0.15, -0.1) is 11.3 Å². The lowest BCUT2D eigenvalue weighted by molar-refractivity contribution is -0.123. The van der Waals surface area contributed by atoms with Crippen LogP contribution in [0.4, 0.5) is 0 Å². The number of hydrogen-bond donors (Lipinski definition) is 1. The Bertz CT molecular complexity index is 830. The Labute approximate surface area is 143 Å². The summed E-state index contributed by atoms with van der Waals surface area (Å²) >= 11 is 1.56. The molecule has 1 fully saturated rings. The molecule has 1 aliphatic rings. The summed E-state index contributed by atoms with van der Waals surface area (Å²) in [5, 5.41) is 9.23. The Hall–Kier alpha value is -2.22. The summed E-state index contributed by atoms with van der Waals surface area (Å²) in [6.07, 6.45) is 9.06. The zero-order chi connectivity index (χ0) is 16.6. The van der Waals surface area contributed by atoms with E-state index in [0.29, 0.717) is 11.7 Å². The number of fused-ring (bicyclic) bond motifs is 1. The van der Waals surface area contributed by atoms with E-state index in [-0.39, 0.29) is 12.3 Å². The molecule has 3 aromatic heterocycles.